The van der Waals surface area contributed by atoms with Crippen LogP contribution in [0.1, 0.15) is 33.3 Å². The molecule has 1 aromatic rings. The zero-order valence-corrected chi connectivity index (χ0v) is 12.1. The molecule has 1 N–H and O–H groups in total. The minimum Gasteiger partial charge on any atom is -0.392 e. The van der Waals surface area contributed by atoms with E-state index in [9.17, 15) is 0 Å². The van der Waals surface area contributed by atoms with E-state index in [4.69, 9.17) is 5.11 Å². The van der Waals surface area contributed by atoms with E-state index >= 15 is 0 Å². The summed E-state index contributed by atoms with van der Waals surface area (Å²) in [5.41, 5.74) is 2.49. The fraction of sp³-hybridized carbons (Fsp3) is 0.571. The van der Waals surface area contributed by atoms with Gasteiger partial charge in [0.1, 0.15) is 0 Å². The molecule has 0 aliphatic rings. The third-order valence-corrected chi connectivity index (χ3v) is 10.5. The van der Waals surface area contributed by atoms with Crippen LogP contribution in [-0.4, -0.2) is 13.2 Å². The van der Waals surface area contributed by atoms with Crippen molar-refractivity contribution in [1.29, 1.82) is 0 Å². The van der Waals surface area contributed by atoms with Crippen LogP contribution in [0.15, 0.2) is 24.3 Å². The van der Waals surface area contributed by atoms with E-state index in [0.717, 1.165) is 16.6 Å². The Balaban J connectivity index is 3.12. The molecule has 0 aliphatic carbocycles. The molecule has 90 valence electrons. The van der Waals surface area contributed by atoms with Crippen molar-refractivity contribution < 1.29 is 5.11 Å². The maximum absolute atomic E-state index is 9.06. The second kappa shape index (κ2) is 5.15. The molecule has 0 aromatic heterocycles. The Hall–Kier alpha value is -0.603. The Morgan fingerprint density at radius 1 is 1.00 bits per heavy atom. The van der Waals surface area contributed by atoms with Crippen molar-refractivity contribution in [1.82, 2.24) is 0 Å². The topological polar surface area (TPSA) is 20.2 Å². The van der Waals surface area contributed by atoms with Crippen LogP contribution in [0.3, 0.4) is 0 Å². The molecule has 1 nitrogen and oxygen atoms in total. The van der Waals surface area contributed by atoms with Crippen LogP contribution in [0.5, 0.6) is 0 Å². The normalized spacial score (nSPS) is 12.5. The van der Waals surface area contributed by atoms with E-state index < -0.39 is 8.07 Å². The van der Waals surface area contributed by atoms with Gasteiger partial charge in [0, 0.05) is 0 Å². The summed E-state index contributed by atoms with van der Waals surface area (Å²) in [6.07, 6.45) is 0. The maximum Gasteiger partial charge on any atom is 0.0886 e. The summed E-state index contributed by atoms with van der Waals surface area (Å²) >= 11 is 0. The Kier molecular flexibility index (Phi) is 4.33. The van der Waals surface area contributed by atoms with Gasteiger partial charge in [-0.05, 0) is 16.6 Å². The second-order valence-electron chi connectivity index (χ2n) is 5.45. The van der Waals surface area contributed by atoms with Gasteiger partial charge in [0.05, 0.1) is 14.7 Å². The first-order valence-electron chi connectivity index (χ1n) is 6.13. The molecule has 0 saturated carbocycles. The Morgan fingerprint density at radius 2 is 1.44 bits per heavy atom. The summed E-state index contributed by atoms with van der Waals surface area (Å²) in [4.78, 5) is 0. The first-order valence-corrected chi connectivity index (χ1v) is 8.78. The van der Waals surface area contributed by atoms with Crippen molar-refractivity contribution in [3.8, 4) is 0 Å². The second-order valence-corrected chi connectivity index (χ2v) is 10.9. The first kappa shape index (κ1) is 13.5. The molecule has 1 rings (SSSR count). The largest absolute Gasteiger partial charge is 0.392 e. The average molecular weight is 236 g/mol. The van der Waals surface area contributed by atoms with Crippen LogP contribution in [0.25, 0.3) is 0 Å². The minimum atomic E-state index is -1.40. The highest BCUT2D eigenvalue weighted by Gasteiger charge is 2.36. The number of benzene rings is 1. The highest BCUT2D eigenvalue weighted by Crippen LogP contribution is 2.31. The van der Waals surface area contributed by atoms with Gasteiger partial charge in [-0.25, -0.2) is 0 Å². The average Bonchev–Trinajstić information content (AvgIpc) is 2.27. The van der Waals surface area contributed by atoms with Crippen molar-refractivity contribution >= 4 is 13.3 Å². The van der Waals surface area contributed by atoms with Crippen molar-refractivity contribution in [3.63, 3.8) is 0 Å². The lowest BCUT2D eigenvalue weighted by atomic mass is 10.2. The monoisotopic (exact) mass is 236 g/mol. The number of hydrogen-bond donors (Lipinski definition) is 1. The van der Waals surface area contributed by atoms with Gasteiger partial charge in [0.25, 0.3) is 0 Å². The molecular weight excluding hydrogens is 212 g/mol. The van der Waals surface area contributed by atoms with Gasteiger partial charge in [-0.3, -0.25) is 0 Å². The zero-order chi connectivity index (χ0) is 12.3. The van der Waals surface area contributed by atoms with Crippen LogP contribution in [0, 0.1) is 0 Å². The molecule has 0 aliphatic heterocycles. The molecule has 0 bridgehead atoms. The van der Waals surface area contributed by atoms with E-state index in [1.165, 1.54) is 5.19 Å². The molecule has 0 unspecified atom stereocenters. The lowest BCUT2D eigenvalue weighted by Gasteiger charge is -2.36. The van der Waals surface area contributed by atoms with Crippen LogP contribution in [0.2, 0.25) is 17.6 Å². The lowest BCUT2D eigenvalue weighted by Crippen LogP contribution is -2.50. The lowest BCUT2D eigenvalue weighted by molar-refractivity contribution is 0.282. The van der Waals surface area contributed by atoms with E-state index in [1.54, 1.807) is 0 Å². The summed E-state index contributed by atoms with van der Waals surface area (Å²) in [7, 11) is -1.40. The standard InChI is InChI=1S/C14H24OSi/c1-11(2)16(5,12(3)4)14-8-6-13(10-15)7-9-14/h6-9,11-12,15H,10H2,1-5H3. The minimum absolute atomic E-state index is 0.141. The molecule has 16 heavy (non-hydrogen) atoms. The quantitative estimate of drug-likeness (QED) is 0.795. The van der Waals surface area contributed by atoms with Crippen LogP contribution in [0.4, 0.5) is 0 Å². The molecule has 0 amide bonds. The predicted molar refractivity (Wildman–Crippen MR) is 73.8 cm³/mol. The van der Waals surface area contributed by atoms with E-state index in [-0.39, 0.29) is 6.61 Å². The summed E-state index contributed by atoms with van der Waals surface area (Å²) in [6.45, 7) is 12.0. The first-order chi connectivity index (χ1) is 7.42. The summed E-state index contributed by atoms with van der Waals surface area (Å²) in [5.74, 6) is 0. The molecule has 0 heterocycles. The Labute approximate surface area is 101 Å². The van der Waals surface area contributed by atoms with Gasteiger partial charge >= 0.3 is 0 Å². The number of aliphatic hydroxyl groups excluding tert-OH is 1. The molecule has 2 heteroatoms. The number of rotatable bonds is 4. The summed E-state index contributed by atoms with van der Waals surface area (Å²) in [5, 5.41) is 10.6. The molecule has 0 fully saturated rings. The van der Waals surface area contributed by atoms with Gasteiger partial charge < -0.3 is 5.11 Å². The Bertz CT molecular complexity index is 319. The third kappa shape index (κ3) is 2.38. The highest BCUT2D eigenvalue weighted by molar-refractivity contribution is 6.92. The van der Waals surface area contributed by atoms with Gasteiger partial charge in [-0.2, -0.15) is 0 Å². The fourth-order valence-corrected chi connectivity index (χ4v) is 5.85. The molecule has 1 aromatic carbocycles. The Morgan fingerprint density at radius 3 is 1.75 bits per heavy atom. The smallest absolute Gasteiger partial charge is 0.0886 e. The molecule has 0 radical (unpaired) electrons. The molecule has 0 saturated heterocycles. The molecule has 0 spiro atoms. The maximum atomic E-state index is 9.06. The highest BCUT2D eigenvalue weighted by atomic mass is 28.3. The SMILES string of the molecule is CC(C)[Si](C)(c1ccc(CO)cc1)C(C)C. The van der Waals surface area contributed by atoms with E-state index in [2.05, 4.69) is 58.5 Å². The van der Waals surface area contributed by atoms with Gasteiger partial charge in [-0.1, -0.05) is 63.7 Å². The van der Waals surface area contributed by atoms with Gasteiger partial charge in [0.15, 0.2) is 0 Å². The van der Waals surface area contributed by atoms with Crippen molar-refractivity contribution in [3.05, 3.63) is 29.8 Å². The van der Waals surface area contributed by atoms with Crippen molar-refractivity contribution in [2.45, 2.75) is 51.9 Å². The van der Waals surface area contributed by atoms with Crippen molar-refractivity contribution in [2.24, 2.45) is 0 Å². The summed E-state index contributed by atoms with van der Waals surface area (Å²) < 4.78 is 0. The zero-order valence-electron chi connectivity index (χ0n) is 11.1. The predicted octanol–water partition coefficient (Wildman–Crippen LogP) is 3.28. The van der Waals surface area contributed by atoms with E-state index in [1.807, 2.05) is 0 Å². The van der Waals surface area contributed by atoms with Crippen molar-refractivity contribution in [2.75, 3.05) is 0 Å². The third-order valence-electron chi connectivity index (χ3n) is 4.16. The summed E-state index contributed by atoms with van der Waals surface area (Å²) in [6, 6.07) is 8.56. The van der Waals surface area contributed by atoms with Gasteiger partial charge in [-0.15, -0.1) is 0 Å². The van der Waals surface area contributed by atoms with E-state index in [0.29, 0.717) is 0 Å². The number of aliphatic hydroxyl groups is 1. The van der Waals surface area contributed by atoms with Crippen LogP contribution in [-0.2, 0) is 6.61 Å². The van der Waals surface area contributed by atoms with Gasteiger partial charge in [0.2, 0.25) is 0 Å². The number of hydrogen-bond acceptors (Lipinski definition) is 1. The van der Waals surface area contributed by atoms with Crippen LogP contribution < -0.4 is 5.19 Å². The van der Waals surface area contributed by atoms with Crippen LogP contribution >= 0.6 is 0 Å². The molecule has 0 atom stereocenters. The molecular formula is C14H24OSi. The fourth-order valence-electron chi connectivity index (χ4n) is 2.30.